The van der Waals surface area contributed by atoms with Crippen molar-refractivity contribution in [3.8, 4) is 0 Å². The number of ether oxygens (including phenoxy) is 1. The smallest absolute Gasteiger partial charge is 0.269 e. The lowest BCUT2D eigenvalue weighted by molar-refractivity contribution is -0.125. The van der Waals surface area contributed by atoms with Gasteiger partial charge in [0.15, 0.2) is 0 Å². The molecule has 1 atom stereocenters. The van der Waals surface area contributed by atoms with E-state index >= 15 is 0 Å². The predicted octanol–water partition coefficient (Wildman–Crippen LogP) is 2.44. The van der Waals surface area contributed by atoms with E-state index in [1.807, 2.05) is 44.2 Å². The van der Waals surface area contributed by atoms with Crippen LogP contribution in [0.1, 0.15) is 38.7 Å². The highest BCUT2D eigenvalue weighted by atomic mass is 16.5. The summed E-state index contributed by atoms with van der Waals surface area (Å²) in [5.41, 5.74) is 1.69. The summed E-state index contributed by atoms with van der Waals surface area (Å²) in [7, 11) is 0. The van der Waals surface area contributed by atoms with Crippen LogP contribution in [0.5, 0.6) is 0 Å². The van der Waals surface area contributed by atoms with Gasteiger partial charge < -0.3 is 15.0 Å². The Morgan fingerprint density at radius 2 is 2.10 bits per heavy atom. The van der Waals surface area contributed by atoms with Crippen LogP contribution in [0, 0.1) is 5.92 Å². The summed E-state index contributed by atoms with van der Waals surface area (Å²) in [6.45, 7) is 7.17. The first-order valence-electron chi connectivity index (χ1n) is 10.8. The van der Waals surface area contributed by atoms with Gasteiger partial charge in [0.25, 0.3) is 5.56 Å². The van der Waals surface area contributed by atoms with Crippen LogP contribution in [-0.2, 0) is 16.1 Å². The average molecular weight is 413 g/mol. The van der Waals surface area contributed by atoms with E-state index in [1.165, 1.54) is 4.68 Å². The maximum atomic E-state index is 12.5. The zero-order chi connectivity index (χ0) is 21.3. The van der Waals surface area contributed by atoms with E-state index in [0.717, 1.165) is 37.1 Å². The van der Waals surface area contributed by atoms with Crippen LogP contribution in [0.4, 0.5) is 5.69 Å². The molecule has 1 aromatic carbocycles. The lowest BCUT2D eigenvalue weighted by atomic mass is 9.97. The number of rotatable bonds is 9. The summed E-state index contributed by atoms with van der Waals surface area (Å²) in [4.78, 5) is 27.2. The summed E-state index contributed by atoms with van der Waals surface area (Å²) >= 11 is 0. The highest BCUT2D eigenvalue weighted by Gasteiger charge is 2.26. The van der Waals surface area contributed by atoms with Crippen molar-refractivity contribution < 1.29 is 9.53 Å². The van der Waals surface area contributed by atoms with E-state index < -0.39 is 0 Å². The third-order valence-electron chi connectivity index (χ3n) is 5.26. The lowest BCUT2D eigenvalue weighted by Crippen LogP contribution is -2.44. The minimum atomic E-state index is -0.131. The van der Waals surface area contributed by atoms with E-state index in [1.54, 1.807) is 12.3 Å². The van der Waals surface area contributed by atoms with Crippen molar-refractivity contribution in [3.05, 3.63) is 58.5 Å². The first kappa shape index (κ1) is 22.0. The van der Waals surface area contributed by atoms with E-state index in [-0.39, 0.29) is 23.5 Å². The molecule has 1 aliphatic heterocycles. The van der Waals surface area contributed by atoms with Crippen molar-refractivity contribution in [2.45, 2.75) is 45.8 Å². The molecule has 0 radical (unpaired) electrons. The molecule has 0 bridgehead atoms. The fraction of sp³-hybridized carbons (Fsp3) is 0.522. The number of aromatic nitrogens is 2. The number of carbonyl (C=O) groups excluding carboxylic acids is 1. The van der Waals surface area contributed by atoms with Crippen molar-refractivity contribution in [1.29, 1.82) is 0 Å². The normalized spacial score (nSPS) is 16.6. The molecule has 3 rings (SSSR count). The molecular weight excluding hydrogens is 380 g/mol. The zero-order valence-electron chi connectivity index (χ0n) is 17.9. The third-order valence-corrected chi connectivity index (χ3v) is 5.26. The first-order valence-corrected chi connectivity index (χ1v) is 10.8. The second kappa shape index (κ2) is 10.9. The third kappa shape index (κ3) is 6.42. The highest BCUT2D eigenvalue weighted by Crippen LogP contribution is 2.22. The Bertz CT molecular complexity index is 866. The van der Waals surface area contributed by atoms with Crippen LogP contribution in [0.3, 0.4) is 0 Å². The maximum absolute atomic E-state index is 12.5. The maximum Gasteiger partial charge on any atom is 0.269 e. The predicted molar refractivity (Wildman–Crippen MR) is 118 cm³/mol. The summed E-state index contributed by atoms with van der Waals surface area (Å²) in [5, 5.41) is 7.37. The molecule has 0 aliphatic carbocycles. The number of piperidine rings is 1. The van der Waals surface area contributed by atoms with Crippen molar-refractivity contribution in [2.24, 2.45) is 5.92 Å². The van der Waals surface area contributed by atoms with Gasteiger partial charge in [-0.3, -0.25) is 9.59 Å². The Morgan fingerprint density at radius 1 is 1.30 bits per heavy atom. The molecule has 1 fully saturated rings. The second-order valence-corrected chi connectivity index (χ2v) is 8.04. The molecule has 30 heavy (non-hydrogen) atoms. The standard InChI is InChI=1S/C23H32N4O3/c1-18(2)30-13-7-11-24-23(29)20-10-6-12-26(17-20)21-14-22(28)27(25-15-21)16-19-8-4-3-5-9-19/h3-5,8-9,14-15,18,20H,6-7,10-13,16-17H2,1-2H3,(H,24,29)/t20-/m1/s1. The first-order chi connectivity index (χ1) is 14.5. The van der Waals surface area contributed by atoms with Crippen molar-refractivity contribution in [2.75, 3.05) is 31.1 Å². The monoisotopic (exact) mass is 412 g/mol. The number of nitrogens with one attached hydrogen (secondary N) is 1. The van der Waals surface area contributed by atoms with Gasteiger partial charge in [-0.2, -0.15) is 5.10 Å². The molecule has 2 aromatic rings. The van der Waals surface area contributed by atoms with Crippen LogP contribution in [0.25, 0.3) is 0 Å². The molecule has 7 nitrogen and oxygen atoms in total. The number of benzene rings is 1. The van der Waals surface area contributed by atoms with Gasteiger partial charge in [-0.1, -0.05) is 30.3 Å². The Hall–Kier alpha value is -2.67. The fourth-order valence-corrected chi connectivity index (χ4v) is 3.64. The molecule has 1 amide bonds. The van der Waals surface area contributed by atoms with Gasteiger partial charge in [-0.05, 0) is 38.7 Å². The summed E-state index contributed by atoms with van der Waals surface area (Å²) in [5.74, 6) is 0.00569. The largest absolute Gasteiger partial charge is 0.379 e. The van der Waals surface area contributed by atoms with Gasteiger partial charge in [-0.25, -0.2) is 4.68 Å². The van der Waals surface area contributed by atoms with E-state index in [9.17, 15) is 9.59 Å². The Kier molecular flexibility index (Phi) is 8.02. The van der Waals surface area contributed by atoms with E-state index in [2.05, 4.69) is 15.3 Å². The molecule has 0 saturated carbocycles. The number of anilines is 1. The lowest BCUT2D eigenvalue weighted by Gasteiger charge is -2.33. The molecule has 1 aromatic heterocycles. The molecular formula is C23H32N4O3. The van der Waals surface area contributed by atoms with Gasteiger partial charge in [0, 0.05) is 32.3 Å². The van der Waals surface area contributed by atoms with Gasteiger partial charge in [-0.15, -0.1) is 0 Å². The average Bonchev–Trinajstić information content (AvgIpc) is 2.75. The quantitative estimate of drug-likeness (QED) is 0.640. The SMILES string of the molecule is CC(C)OCCCNC(=O)[C@@H]1CCCN(c2cnn(Cc3ccccc3)c(=O)c2)C1. The van der Waals surface area contributed by atoms with E-state index in [4.69, 9.17) is 4.74 Å². The Morgan fingerprint density at radius 3 is 2.83 bits per heavy atom. The Balaban J connectivity index is 1.54. The number of hydrogen-bond donors (Lipinski definition) is 1. The molecule has 2 heterocycles. The van der Waals surface area contributed by atoms with Crippen molar-refractivity contribution >= 4 is 11.6 Å². The number of carbonyl (C=O) groups is 1. The van der Waals surface area contributed by atoms with E-state index in [0.29, 0.717) is 26.2 Å². The number of hydrogen-bond acceptors (Lipinski definition) is 5. The molecule has 0 spiro atoms. The molecule has 162 valence electrons. The molecule has 0 unspecified atom stereocenters. The Labute approximate surface area is 178 Å². The summed E-state index contributed by atoms with van der Waals surface area (Å²) < 4.78 is 6.97. The van der Waals surface area contributed by atoms with Crippen molar-refractivity contribution in [3.63, 3.8) is 0 Å². The summed E-state index contributed by atoms with van der Waals surface area (Å²) in [6.07, 6.45) is 4.53. The van der Waals surface area contributed by atoms with Crippen molar-refractivity contribution in [1.82, 2.24) is 15.1 Å². The van der Waals surface area contributed by atoms with Gasteiger partial charge in [0.1, 0.15) is 0 Å². The fourth-order valence-electron chi connectivity index (χ4n) is 3.64. The van der Waals surface area contributed by atoms with Crippen LogP contribution in [0.15, 0.2) is 47.4 Å². The number of nitrogens with zero attached hydrogens (tertiary/aromatic N) is 3. The summed E-state index contributed by atoms with van der Waals surface area (Å²) in [6, 6.07) is 11.4. The zero-order valence-corrected chi connectivity index (χ0v) is 17.9. The number of amides is 1. The molecule has 1 saturated heterocycles. The highest BCUT2D eigenvalue weighted by molar-refractivity contribution is 5.79. The molecule has 1 aliphatic rings. The minimum absolute atomic E-state index is 0.0727. The van der Waals surface area contributed by atoms with Gasteiger partial charge in [0.05, 0.1) is 30.5 Å². The van der Waals surface area contributed by atoms with Gasteiger partial charge in [0.2, 0.25) is 5.91 Å². The van der Waals surface area contributed by atoms with Gasteiger partial charge >= 0.3 is 0 Å². The molecule has 1 N–H and O–H groups in total. The molecule has 7 heteroatoms. The minimum Gasteiger partial charge on any atom is -0.379 e. The van der Waals surface area contributed by atoms with Crippen LogP contribution >= 0.6 is 0 Å². The van der Waals surface area contributed by atoms with Crippen LogP contribution < -0.4 is 15.8 Å². The topological polar surface area (TPSA) is 76.5 Å². The van der Waals surface area contributed by atoms with Crippen LogP contribution in [-0.4, -0.2) is 48.0 Å². The second-order valence-electron chi connectivity index (χ2n) is 8.04. The van der Waals surface area contributed by atoms with Crippen LogP contribution in [0.2, 0.25) is 0 Å².